The second kappa shape index (κ2) is 8.72. The Morgan fingerprint density at radius 2 is 2.11 bits per heavy atom. The van der Waals surface area contributed by atoms with Crippen molar-refractivity contribution in [2.24, 2.45) is 5.73 Å². The average molecular weight is 488 g/mol. The zero-order valence-corrected chi connectivity index (χ0v) is 20.4. The molecule has 3 N–H and O–H groups in total. The van der Waals surface area contributed by atoms with Gasteiger partial charge in [0.1, 0.15) is 11.5 Å². The fraction of sp³-hybridized carbons (Fsp3) is 0.385. The summed E-state index contributed by atoms with van der Waals surface area (Å²) in [6.45, 7) is 2.84. The summed E-state index contributed by atoms with van der Waals surface area (Å²) in [6, 6.07) is 6.09. The molecule has 1 aliphatic heterocycles. The van der Waals surface area contributed by atoms with E-state index in [1.807, 2.05) is 36.0 Å². The van der Waals surface area contributed by atoms with Gasteiger partial charge < -0.3 is 29.8 Å². The molecule has 0 radical (unpaired) electrons. The number of amides is 1. The summed E-state index contributed by atoms with van der Waals surface area (Å²) in [5.41, 5.74) is 9.39. The number of hydrogen-bond donors (Lipinski definition) is 2. The van der Waals surface area contributed by atoms with Crippen LogP contribution >= 0.6 is 0 Å². The lowest BCUT2D eigenvalue weighted by atomic mass is 9.97. The maximum atomic E-state index is 12.2. The number of carbonyl (C=O) groups excluding carboxylic acids is 1. The minimum absolute atomic E-state index is 0.0545. The number of rotatable bonds is 7. The molecule has 0 bridgehead atoms. The van der Waals surface area contributed by atoms with Crippen LogP contribution in [0.1, 0.15) is 18.5 Å². The zero-order chi connectivity index (χ0) is 24.9. The summed E-state index contributed by atoms with van der Waals surface area (Å²) in [4.78, 5) is 28.6. The van der Waals surface area contributed by atoms with Crippen LogP contribution in [-0.4, -0.2) is 71.8 Å². The van der Waals surface area contributed by atoms with E-state index in [9.17, 15) is 4.79 Å². The second-order valence-electron chi connectivity index (χ2n) is 9.51. The number of morpholine rings is 1. The second-order valence-corrected chi connectivity index (χ2v) is 9.51. The van der Waals surface area contributed by atoms with E-state index in [2.05, 4.69) is 32.4 Å². The number of carbonyl (C=O) groups is 1. The van der Waals surface area contributed by atoms with Crippen LogP contribution in [0.2, 0.25) is 0 Å². The number of anilines is 2. The van der Waals surface area contributed by atoms with Gasteiger partial charge in [-0.25, -0.2) is 9.97 Å². The molecule has 4 aromatic rings. The zero-order valence-electron chi connectivity index (χ0n) is 20.4. The van der Waals surface area contributed by atoms with Crippen molar-refractivity contribution in [2.75, 3.05) is 50.7 Å². The van der Waals surface area contributed by atoms with Crippen molar-refractivity contribution in [1.82, 2.24) is 19.4 Å². The first-order valence-electron chi connectivity index (χ1n) is 12.1. The van der Waals surface area contributed by atoms with Gasteiger partial charge in [0.25, 0.3) is 0 Å². The third kappa shape index (κ3) is 3.73. The maximum Gasteiger partial charge on any atom is 0.229 e. The Labute approximate surface area is 208 Å². The number of nitrogens with two attached hydrogens (primary N) is 1. The maximum absolute atomic E-state index is 12.2. The van der Waals surface area contributed by atoms with Gasteiger partial charge in [-0.1, -0.05) is 0 Å². The summed E-state index contributed by atoms with van der Waals surface area (Å²) < 4.78 is 13.1. The van der Waals surface area contributed by atoms with E-state index >= 15 is 0 Å². The molecule has 1 aliphatic carbocycles. The lowest BCUT2D eigenvalue weighted by molar-refractivity contribution is -0.120. The Balaban J connectivity index is 1.41. The highest BCUT2D eigenvalue weighted by atomic mass is 16.5. The molecule has 10 heteroatoms. The first kappa shape index (κ1) is 22.7. The summed E-state index contributed by atoms with van der Waals surface area (Å²) >= 11 is 0. The number of primary amides is 1. The van der Waals surface area contributed by atoms with Crippen LogP contribution in [0, 0.1) is 0 Å². The molecule has 36 heavy (non-hydrogen) atoms. The summed E-state index contributed by atoms with van der Waals surface area (Å²) in [6.07, 6.45) is 9.22. The van der Waals surface area contributed by atoms with Gasteiger partial charge in [0, 0.05) is 63.0 Å². The van der Waals surface area contributed by atoms with Gasteiger partial charge in [0.15, 0.2) is 0 Å². The molecule has 1 unspecified atom stereocenters. The van der Waals surface area contributed by atoms with Gasteiger partial charge in [-0.15, -0.1) is 0 Å². The quantitative estimate of drug-likeness (QED) is 0.408. The third-order valence-electron chi connectivity index (χ3n) is 7.29. The van der Waals surface area contributed by atoms with Crippen molar-refractivity contribution >= 4 is 33.8 Å². The lowest BCUT2D eigenvalue weighted by Gasteiger charge is -2.34. The summed E-state index contributed by atoms with van der Waals surface area (Å²) in [5.74, 6) is 0.399. The fourth-order valence-electron chi connectivity index (χ4n) is 5.09. The fourth-order valence-corrected chi connectivity index (χ4v) is 5.09. The summed E-state index contributed by atoms with van der Waals surface area (Å²) in [5, 5.41) is 4.94. The Morgan fingerprint density at radius 3 is 2.86 bits per heavy atom. The highest BCUT2D eigenvalue weighted by molar-refractivity contribution is 6.02. The number of hydrogen-bond acceptors (Lipinski definition) is 8. The van der Waals surface area contributed by atoms with E-state index in [0.717, 1.165) is 65.1 Å². The number of pyridine rings is 3. The van der Waals surface area contributed by atoms with Crippen molar-refractivity contribution < 1.29 is 14.3 Å². The molecule has 186 valence electrons. The minimum atomic E-state index is -0.665. The van der Waals surface area contributed by atoms with E-state index < -0.39 is 5.41 Å². The SMILES string of the molecule is CNc1ncc(-c2cn3cc(N4CCOC(COC)C4)ccc3n2)c2cc(C3(C(N)=O)CC3)ncc12. The number of nitrogens with zero attached hydrogens (tertiary/aromatic N) is 5. The van der Waals surface area contributed by atoms with Crippen molar-refractivity contribution in [3.8, 4) is 11.3 Å². The molecule has 0 aromatic carbocycles. The predicted octanol–water partition coefficient (Wildman–Crippen LogP) is 2.35. The van der Waals surface area contributed by atoms with E-state index in [1.54, 1.807) is 13.3 Å². The molecular weight excluding hydrogens is 458 g/mol. The lowest BCUT2D eigenvalue weighted by Crippen LogP contribution is -2.44. The van der Waals surface area contributed by atoms with Gasteiger partial charge in [-0.3, -0.25) is 9.78 Å². The van der Waals surface area contributed by atoms with Crippen molar-refractivity contribution in [3.05, 3.63) is 48.7 Å². The number of nitrogens with one attached hydrogen (secondary N) is 1. The highest BCUT2D eigenvalue weighted by Gasteiger charge is 2.51. The number of fused-ring (bicyclic) bond motifs is 2. The van der Waals surface area contributed by atoms with Gasteiger partial charge in [-0.05, 0) is 36.4 Å². The molecule has 0 spiro atoms. The molecule has 2 fully saturated rings. The number of methoxy groups -OCH3 is 1. The van der Waals surface area contributed by atoms with Gasteiger partial charge in [0.05, 0.1) is 41.8 Å². The van der Waals surface area contributed by atoms with Crippen LogP contribution < -0.4 is 16.0 Å². The largest absolute Gasteiger partial charge is 0.382 e. The first-order chi connectivity index (χ1) is 17.5. The van der Waals surface area contributed by atoms with Crippen molar-refractivity contribution in [1.29, 1.82) is 0 Å². The number of imidazole rings is 1. The van der Waals surface area contributed by atoms with E-state index in [4.69, 9.17) is 20.2 Å². The van der Waals surface area contributed by atoms with Crippen LogP contribution in [0.4, 0.5) is 11.5 Å². The smallest absolute Gasteiger partial charge is 0.229 e. The molecule has 6 rings (SSSR count). The summed E-state index contributed by atoms with van der Waals surface area (Å²) in [7, 11) is 3.52. The molecular formula is C26H29N7O3. The molecule has 5 heterocycles. The third-order valence-corrected chi connectivity index (χ3v) is 7.29. The van der Waals surface area contributed by atoms with Crippen LogP contribution in [0.3, 0.4) is 0 Å². The minimum Gasteiger partial charge on any atom is -0.382 e. The van der Waals surface area contributed by atoms with Crippen molar-refractivity contribution in [2.45, 2.75) is 24.4 Å². The monoisotopic (exact) mass is 487 g/mol. The van der Waals surface area contributed by atoms with Crippen LogP contribution in [0.5, 0.6) is 0 Å². The number of aromatic nitrogens is 4. The first-order valence-corrected chi connectivity index (χ1v) is 12.1. The van der Waals surface area contributed by atoms with E-state index in [1.165, 1.54) is 0 Å². The Kier molecular flexibility index (Phi) is 5.50. The van der Waals surface area contributed by atoms with Crippen LogP contribution in [-0.2, 0) is 19.7 Å². The van der Waals surface area contributed by atoms with E-state index in [-0.39, 0.29) is 12.0 Å². The van der Waals surface area contributed by atoms with Gasteiger partial charge in [0.2, 0.25) is 5.91 Å². The molecule has 1 saturated carbocycles. The van der Waals surface area contributed by atoms with Crippen LogP contribution in [0.15, 0.2) is 43.0 Å². The normalized spacial score (nSPS) is 19.1. The van der Waals surface area contributed by atoms with Gasteiger partial charge in [-0.2, -0.15) is 0 Å². The van der Waals surface area contributed by atoms with Crippen molar-refractivity contribution in [3.63, 3.8) is 0 Å². The Bertz CT molecular complexity index is 1460. The molecule has 10 nitrogen and oxygen atoms in total. The molecule has 1 saturated heterocycles. The van der Waals surface area contributed by atoms with Gasteiger partial charge >= 0.3 is 0 Å². The average Bonchev–Trinajstić information content (AvgIpc) is 3.61. The molecule has 1 atom stereocenters. The number of ether oxygens (including phenoxy) is 2. The van der Waals surface area contributed by atoms with Crippen LogP contribution in [0.25, 0.3) is 27.7 Å². The Morgan fingerprint density at radius 1 is 1.25 bits per heavy atom. The standard InChI is InChI=1S/C26H29N7O3/c1-28-24-20-11-29-22(26(5-6-26)25(27)34)9-18(20)19(10-30-24)21-14-33-12-16(3-4-23(33)31-21)32-7-8-36-17(13-32)15-35-2/h3-4,9-12,14,17H,5-8,13,15H2,1-2H3,(H2,27,34)(H,28,30). The Hall–Kier alpha value is -3.76. The highest BCUT2D eigenvalue weighted by Crippen LogP contribution is 2.48. The topological polar surface area (TPSA) is 120 Å². The van der Waals surface area contributed by atoms with E-state index in [0.29, 0.717) is 18.9 Å². The molecule has 1 amide bonds. The predicted molar refractivity (Wildman–Crippen MR) is 137 cm³/mol. The molecule has 2 aliphatic rings. The molecule has 4 aromatic heterocycles.